The number of carbonyl (C=O) groups is 2. The Morgan fingerprint density at radius 3 is 2.74 bits per heavy atom. The minimum Gasteiger partial charge on any atom is -0.347 e. The third-order valence-corrected chi connectivity index (χ3v) is 5.82. The molecule has 2 N–H and O–H groups in total. The lowest BCUT2D eigenvalue weighted by atomic mass is 10.1. The van der Waals surface area contributed by atoms with Crippen LogP contribution in [0.4, 0.5) is 10.1 Å². The molecule has 0 bridgehead atoms. The lowest BCUT2D eigenvalue weighted by molar-refractivity contribution is -0.136. The Kier molecular flexibility index (Phi) is 5.77. The molecule has 0 fully saturated rings. The van der Waals surface area contributed by atoms with Gasteiger partial charge in [0, 0.05) is 29.6 Å². The first-order valence-corrected chi connectivity index (χ1v) is 10.5. The van der Waals surface area contributed by atoms with E-state index in [1.54, 1.807) is 22.7 Å². The number of rotatable bonds is 5. The van der Waals surface area contributed by atoms with Crippen LogP contribution in [0.5, 0.6) is 0 Å². The summed E-state index contributed by atoms with van der Waals surface area (Å²) >= 11 is 1.41. The van der Waals surface area contributed by atoms with Crippen molar-refractivity contribution in [3.8, 4) is 11.4 Å². The maximum atomic E-state index is 13.5. The number of nitrogens with zero attached hydrogens (tertiary/aromatic N) is 3. The fraction of sp³-hybridized carbons (Fsp3) is 0.182. The second-order valence-electron chi connectivity index (χ2n) is 7.07. The van der Waals surface area contributed by atoms with Crippen LogP contribution in [0.25, 0.3) is 16.3 Å². The Labute approximate surface area is 181 Å². The number of aromatic nitrogens is 3. The third-order valence-electron chi connectivity index (χ3n) is 4.96. The largest absolute Gasteiger partial charge is 0.347 e. The van der Waals surface area contributed by atoms with Crippen LogP contribution in [0.15, 0.2) is 47.8 Å². The lowest BCUT2D eigenvalue weighted by Crippen LogP contribution is -2.36. The van der Waals surface area contributed by atoms with Gasteiger partial charge in [-0.15, -0.1) is 16.4 Å². The molecule has 0 atom stereocenters. The number of benzene rings is 2. The number of hydrogen-bond acceptors (Lipinski definition) is 5. The zero-order valence-corrected chi connectivity index (χ0v) is 17.8. The number of halogens is 1. The van der Waals surface area contributed by atoms with E-state index in [0.29, 0.717) is 28.5 Å². The summed E-state index contributed by atoms with van der Waals surface area (Å²) in [6.07, 6.45) is 0.467. The summed E-state index contributed by atoms with van der Waals surface area (Å²) < 4.78 is 15.1. The van der Waals surface area contributed by atoms with Gasteiger partial charge in [-0.25, -0.2) is 8.91 Å². The second kappa shape index (κ2) is 8.65. The van der Waals surface area contributed by atoms with Crippen molar-refractivity contribution in [1.82, 2.24) is 19.9 Å². The summed E-state index contributed by atoms with van der Waals surface area (Å²) in [5.41, 5.74) is 4.01. The van der Waals surface area contributed by atoms with E-state index >= 15 is 0 Å². The van der Waals surface area contributed by atoms with E-state index < -0.39 is 11.8 Å². The topological polar surface area (TPSA) is 88.4 Å². The fourth-order valence-electron chi connectivity index (χ4n) is 3.10. The van der Waals surface area contributed by atoms with E-state index in [4.69, 9.17) is 0 Å². The Hall–Kier alpha value is -3.59. The van der Waals surface area contributed by atoms with Crippen LogP contribution in [0.3, 0.4) is 0 Å². The average Bonchev–Trinajstić information content (AvgIpc) is 3.33. The average molecular weight is 438 g/mol. The summed E-state index contributed by atoms with van der Waals surface area (Å²) in [6, 6.07) is 11.6. The van der Waals surface area contributed by atoms with Crippen LogP contribution >= 0.6 is 11.3 Å². The summed E-state index contributed by atoms with van der Waals surface area (Å²) in [6.45, 7) is 4.09. The molecule has 0 aliphatic carbocycles. The highest BCUT2D eigenvalue weighted by atomic mass is 32.1. The molecular formula is C22H20FN5O2S. The highest BCUT2D eigenvalue weighted by Gasteiger charge is 2.16. The molecule has 4 aromatic rings. The number of anilines is 1. The molecule has 0 saturated carbocycles. The number of nitrogens with one attached hydrogen (secondary N) is 2. The van der Waals surface area contributed by atoms with E-state index in [2.05, 4.69) is 20.7 Å². The quantitative estimate of drug-likeness (QED) is 0.468. The zero-order chi connectivity index (χ0) is 22.0. The van der Waals surface area contributed by atoms with E-state index in [-0.39, 0.29) is 12.4 Å². The molecule has 2 aromatic heterocycles. The third kappa shape index (κ3) is 4.46. The molecule has 0 aliphatic rings. The monoisotopic (exact) mass is 437 g/mol. The number of hydrogen-bond donors (Lipinski definition) is 2. The molecule has 158 valence electrons. The Balaban J connectivity index is 1.37. The molecule has 0 saturated heterocycles. The Bertz CT molecular complexity index is 1280. The van der Waals surface area contributed by atoms with E-state index in [9.17, 15) is 14.0 Å². The number of fused-ring (bicyclic) bond motifs is 1. The minimum absolute atomic E-state index is 0.264. The second-order valence-corrected chi connectivity index (χ2v) is 7.91. The molecule has 9 heteroatoms. The van der Waals surface area contributed by atoms with Crippen molar-refractivity contribution in [3.05, 3.63) is 70.5 Å². The van der Waals surface area contributed by atoms with Crippen molar-refractivity contribution in [2.45, 2.75) is 20.3 Å². The van der Waals surface area contributed by atoms with Crippen molar-refractivity contribution in [2.24, 2.45) is 0 Å². The molecule has 0 spiro atoms. The predicted octanol–water partition coefficient (Wildman–Crippen LogP) is 3.51. The van der Waals surface area contributed by atoms with Crippen molar-refractivity contribution < 1.29 is 14.0 Å². The normalized spacial score (nSPS) is 10.9. The smallest absolute Gasteiger partial charge is 0.313 e. The first-order chi connectivity index (χ1) is 14.9. The van der Waals surface area contributed by atoms with Crippen LogP contribution in [0.1, 0.15) is 16.8 Å². The van der Waals surface area contributed by atoms with Crippen LogP contribution in [0, 0.1) is 19.7 Å². The summed E-state index contributed by atoms with van der Waals surface area (Å²) in [4.78, 5) is 29.5. The van der Waals surface area contributed by atoms with E-state index in [0.717, 1.165) is 16.8 Å². The van der Waals surface area contributed by atoms with E-state index in [1.807, 2.05) is 31.4 Å². The number of thiazole rings is 1. The van der Waals surface area contributed by atoms with Gasteiger partial charge in [0.1, 0.15) is 5.82 Å². The van der Waals surface area contributed by atoms with Crippen LogP contribution in [-0.4, -0.2) is 33.0 Å². The van der Waals surface area contributed by atoms with Gasteiger partial charge in [-0.3, -0.25) is 9.59 Å². The first-order valence-electron chi connectivity index (χ1n) is 9.67. The van der Waals surface area contributed by atoms with Gasteiger partial charge < -0.3 is 10.6 Å². The highest BCUT2D eigenvalue weighted by Crippen LogP contribution is 2.21. The molecule has 2 aromatic carbocycles. The predicted molar refractivity (Wildman–Crippen MR) is 118 cm³/mol. The van der Waals surface area contributed by atoms with Crippen molar-refractivity contribution in [1.29, 1.82) is 0 Å². The number of amides is 2. The van der Waals surface area contributed by atoms with Crippen molar-refractivity contribution >= 4 is 33.8 Å². The van der Waals surface area contributed by atoms with Gasteiger partial charge in [0.05, 0.1) is 5.69 Å². The summed E-state index contributed by atoms with van der Waals surface area (Å²) in [7, 11) is 0. The SMILES string of the molecule is Cc1cccc(NC(=O)C(=O)NCCc2csc3nc(-c4cccc(F)c4)nn23)c1C. The van der Waals surface area contributed by atoms with Gasteiger partial charge >= 0.3 is 11.8 Å². The fourth-order valence-corrected chi connectivity index (χ4v) is 3.95. The first kappa shape index (κ1) is 20.7. The van der Waals surface area contributed by atoms with Gasteiger partial charge in [0.25, 0.3) is 0 Å². The molecule has 0 radical (unpaired) electrons. The van der Waals surface area contributed by atoms with Gasteiger partial charge in [0.15, 0.2) is 5.82 Å². The molecule has 2 heterocycles. The van der Waals surface area contributed by atoms with Crippen molar-refractivity contribution in [3.63, 3.8) is 0 Å². The van der Waals surface area contributed by atoms with Crippen molar-refractivity contribution in [2.75, 3.05) is 11.9 Å². The van der Waals surface area contributed by atoms with Gasteiger partial charge in [-0.2, -0.15) is 4.98 Å². The molecule has 7 nitrogen and oxygen atoms in total. The zero-order valence-electron chi connectivity index (χ0n) is 17.0. The highest BCUT2D eigenvalue weighted by molar-refractivity contribution is 7.15. The van der Waals surface area contributed by atoms with Crippen LogP contribution in [0.2, 0.25) is 0 Å². The van der Waals surface area contributed by atoms with E-state index in [1.165, 1.54) is 23.5 Å². The lowest BCUT2D eigenvalue weighted by Gasteiger charge is -2.10. The molecule has 0 aliphatic heterocycles. The minimum atomic E-state index is -0.710. The van der Waals surface area contributed by atoms with Crippen LogP contribution in [-0.2, 0) is 16.0 Å². The Morgan fingerprint density at radius 2 is 1.94 bits per heavy atom. The molecule has 4 rings (SSSR count). The maximum Gasteiger partial charge on any atom is 0.313 e. The standard InChI is InChI=1S/C22H20FN5O2S/c1-13-5-3-8-18(14(13)2)25-21(30)20(29)24-10-9-17-12-31-22-26-19(27-28(17)22)15-6-4-7-16(23)11-15/h3-8,11-12H,9-10H2,1-2H3,(H,24,29)(H,25,30). The van der Waals surface area contributed by atoms with Gasteiger partial charge in [0.2, 0.25) is 4.96 Å². The number of carbonyl (C=O) groups excluding carboxylic acids is 2. The Morgan fingerprint density at radius 1 is 1.13 bits per heavy atom. The number of aryl methyl sites for hydroxylation is 1. The molecule has 2 amide bonds. The van der Waals surface area contributed by atoms with Crippen LogP contribution < -0.4 is 10.6 Å². The molecule has 0 unspecified atom stereocenters. The molecule has 31 heavy (non-hydrogen) atoms. The van der Waals surface area contributed by atoms with Gasteiger partial charge in [-0.05, 0) is 43.2 Å². The maximum absolute atomic E-state index is 13.5. The summed E-state index contributed by atoms with van der Waals surface area (Å²) in [5.74, 6) is -1.33. The summed E-state index contributed by atoms with van der Waals surface area (Å²) in [5, 5.41) is 11.6. The van der Waals surface area contributed by atoms with Gasteiger partial charge in [-0.1, -0.05) is 24.3 Å². The molecular weight excluding hydrogens is 417 g/mol.